The Kier molecular flexibility index (Phi) is 1.84. The number of carbonyl (C=O) groups is 1. The third kappa shape index (κ3) is 1.73. The molecule has 62 valence electrons. The van der Waals surface area contributed by atoms with Crippen molar-refractivity contribution in [2.45, 2.75) is 32.1 Å². The molecular formula is C9H15NO. The van der Waals surface area contributed by atoms with Gasteiger partial charge in [-0.15, -0.1) is 0 Å². The zero-order valence-electron chi connectivity index (χ0n) is 6.81. The molecule has 1 N–H and O–H groups in total. The fourth-order valence-corrected chi connectivity index (χ4v) is 1.43. The Balaban J connectivity index is 1.60. The van der Waals surface area contributed by atoms with Gasteiger partial charge in [-0.1, -0.05) is 6.42 Å². The number of carbonyl (C=O) groups excluding carboxylic acids is 1. The van der Waals surface area contributed by atoms with Gasteiger partial charge in [0.25, 0.3) is 0 Å². The Bertz CT molecular complexity index is 159. The first kappa shape index (κ1) is 7.14. The molecule has 0 aromatic heterocycles. The highest BCUT2D eigenvalue weighted by atomic mass is 16.2. The van der Waals surface area contributed by atoms with Crippen molar-refractivity contribution in [3.05, 3.63) is 0 Å². The predicted molar refractivity (Wildman–Crippen MR) is 43.1 cm³/mol. The van der Waals surface area contributed by atoms with Crippen LogP contribution in [0.1, 0.15) is 32.1 Å². The van der Waals surface area contributed by atoms with Crippen molar-refractivity contribution in [1.82, 2.24) is 5.32 Å². The lowest BCUT2D eigenvalue weighted by molar-refractivity contribution is -0.122. The van der Waals surface area contributed by atoms with E-state index in [0.717, 1.165) is 25.3 Å². The monoisotopic (exact) mass is 153 g/mol. The van der Waals surface area contributed by atoms with Gasteiger partial charge >= 0.3 is 0 Å². The first-order valence-electron chi connectivity index (χ1n) is 4.64. The molecule has 0 bridgehead atoms. The molecule has 0 radical (unpaired) electrons. The highest BCUT2D eigenvalue weighted by Gasteiger charge is 2.30. The van der Waals surface area contributed by atoms with Gasteiger partial charge in [0, 0.05) is 12.5 Å². The van der Waals surface area contributed by atoms with Gasteiger partial charge in [0.2, 0.25) is 5.91 Å². The lowest BCUT2D eigenvalue weighted by atomic mass is 9.85. The third-order valence-electron chi connectivity index (χ3n) is 2.74. The molecule has 2 saturated carbocycles. The van der Waals surface area contributed by atoms with Crippen LogP contribution in [0.3, 0.4) is 0 Å². The third-order valence-corrected chi connectivity index (χ3v) is 2.74. The minimum absolute atomic E-state index is 0.303. The fourth-order valence-electron chi connectivity index (χ4n) is 1.43. The normalized spacial score (nSPS) is 24.4. The second kappa shape index (κ2) is 2.84. The maximum absolute atomic E-state index is 11.1. The predicted octanol–water partition coefficient (Wildman–Crippen LogP) is 1.31. The van der Waals surface area contributed by atoms with Crippen LogP contribution in [0.15, 0.2) is 0 Å². The molecule has 2 aliphatic rings. The molecule has 0 heterocycles. The minimum atomic E-state index is 0.303. The molecule has 0 aromatic carbocycles. The van der Waals surface area contributed by atoms with E-state index in [-0.39, 0.29) is 0 Å². The lowest BCUT2D eigenvalue weighted by Crippen LogP contribution is -2.32. The van der Waals surface area contributed by atoms with Crippen LogP contribution in [0.4, 0.5) is 0 Å². The summed E-state index contributed by atoms with van der Waals surface area (Å²) in [6.07, 6.45) is 6.26. The van der Waals surface area contributed by atoms with E-state index >= 15 is 0 Å². The van der Waals surface area contributed by atoms with E-state index in [1.54, 1.807) is 0 Å². The van der Waals surface area contributed by atoms with E-state index in [1.807, 2.05) is 0 Å². The fraction of sp³-hybridized carbons (Fsp3) is 0.889. The van der Waals surface area contributed by atoms with Crippen LogP contribution in [0.2, 0.25) is 0 Å². The lowest BCUT2D eigenvalue weighted by Gasteiger charge is -2.25. The first-order valence-corrected chi connectivity index (χ1v) is 4.64. The van der Waals surface area contributed by atoms with Crippen molar-refractivity contribution in [2.75, 3.05) is 6.54 Å². The van der Waals surface area contributed by atoms with E-state index in [4.69, 9.17) is 0 Å². The van der Waals surface area contributed by atoms with Gasteiger partial charge in [0.1, 0.15) is 0 Å². The van der Waals surface area contributed by atoms with Crippen molar-refractivity contribution in [2.24, 2.45) is 11.8 Å². The summed E-state index contributed by atoms with van der Waals surface area (Å²) in [5.74, 6) is 1.49. The molecule has 0 unspecified atom stereocenters. The van der Waals surface area contributed by atoms with Crippen LogP contribution in [-0.2, 0) is 4.79 Å². The standard InChI is InChI=1S/C9H15NO/c11-9(8-4-5-8)10-6-7-2-1-3-7/h7-8H,1-6H2,(H,10,11). The molecule has 2 nitrogen and oxygen atoms in total. The van der Waals surface area contributed by atoms with E-state index in [2.05, 4.69) is 5.32 Å². The highest BCUT2D eigenvalue weighted by Crippen LogP contribution is 2.29. The summed E-state index contributed by atoms with van der Waals surface area (Å²) in [5, 5.41) is 3.01. The summed E-state index contributed by atoms with van der Waals surface area (Å²) in [7, 11) is 0. The molecule has 0 saturated heterocycles. The molecule has 0 atom stereocenters. The molecule has 2 rings (SSSR count). The maximum atomic E-state index is 11.1. The first-order chi connectivity index (χ1) is 5.36. The van der Waals surface area contributed by atoms with Gasteiger partial charge in [-0.2, -0.15) is 0 Å². The van der Waals surface area contributed by atoms with Crippen LogP contribution >= 0.6 is 0 Å². The van der Waals surface area contributed by atoms with E-state index in [9.17, 15) is 4.79 Å². The van der Waals surface area contributed by atoms with Crippen LogP contribution in [0, 0.1) is 11.8 Å². The second-order valence-corrected chi connectivity index (χ2v) is 3.82. The Morgan fingerprint density at radius 2 is 2.00 bits per heavy atom. The largest absolute Gasteiger partial charge is 0.356 e. The molecule has 2 fully saturated rings. The molecule has 0 spiro atoms. The van der Waals surface area contributed by atoms with E-state index in [0.29, 0.717) is 11.8 Å². The smallest absolute Gasteiger partial charge is 0.223 e. The maximum Gasteiger partial charge on any atom is 0.223 e. The van der Waals surface area contributed by atoms with Gasteiger partial charge in [-0.05, 0) is 31.6 Å². The number of rotatable bonds is 3. The summed E-state index contributed by atoms with van der Waals surface area (Å²) in [6.45, 7) is 0.940. The van der Waals surface area contributed by atoms with E-state index < -0.39 is 0 Å². The summed E-state index contributed by atoms with van der Waals surface area (Å²) < 4.78 is 0. The topological polar surface area (TPSA) is 29.1 Å². The van der Waals surface area contributed by atoms with Crippen LogP contribution < -0.4 is 5.32 Å². The van der Waals surface area contributed by atoms with Crippen molar-refractivity contribution in [3.8, 4) is 0 Å². The van der Waals surface area contributed by atoms with Crippen molar-refractivity contribution >= 4 is 5.91 Å². The Labute approximate surface area is 67.4 Å². The molecule has 0 aliphatic heterocycles. The van der Waals surface area contributed by atoms with Crippen molar-refractivity contribution in [1.29, 1.82) is 0 Å². The van der Waals surface area contributed by atoms with Crippen LogP contribution in [0.5, 0.6) is 0 Å². The van der Waals surface area contributed by atoms with Crippen LogP contribution in [-0.4, -0.2) is 12.5 Å². The summed E-state index contributed by atoms with van der Waals surface area (Å²) in [5.41, 5.74) is 0. The Morgan fingerprint density at radius 1 is 1.27 bits per heavy atom. The van der Waals surface area contributed by atoms with Gasteiger partial charge in [0.05, 0.1) is 0 Å². The average Bonchev–Trinajstić information content (AvgIpc) is 2.64. The molecule has 2 aliphatic carbocycles. The molecule has 1 amide bonds. The van der Waals surface area contributed by atoms with Gasteiger partial charge in [-0.3, -0.25) is 4.79 Å². The quantitative estimate of drug-likeness (QED) is 0.650. The van der Waals surface area contributed by atoms with Gasteiger partial charge in [0.15, 0.2) is 0 Å². The van der Waals surface area contributed by atoms with Crippen molar-refractivity contribution in [3.63, 3.8) is 0 Å². The number of amides is 1. The summed E-state index contributed by atoms with van der Waals surface area (Å²) in [6, 6.07) is 0. The van der Waals surface area contributed by atoms with E-state index in [1.165, 1.54) is 19.3 Å². The van der Waals surface area contributed by atoms with Gasteiger partial charge in [-0.25, -0.2) is 0 Å². The molecular weight excluding hydrogens is 138 g/mol. The molecule has 0 aromatic rings. The zero-order chi connectivity index (χ0) is 7.68. The highest BCUT2D eigenvalue weighted by molar-refractivity contribution is 5.80. The Morgan fingerprint density at radius 3 is 2.45 bits per heavy atom. The minimum Gasteiger partial charge on any atom is -0.356 e. The number of nitrogens with one attached hydrogen (secondary N) is 1. The molecule has 11 heavy (non-hydrogen) atoms. The van der Waals surface area contributed by atoms with Crippen molar-refractivity contribution < 1.29 is 4.79 Å². The Hall–Kier alpha value is -0.530. The summed E-state index contributed by atoms with van der Waals surface area (Å²) >= 11 is 0. The zero-order valence-corrected chi connectivity index (χ0v) is 6.81. The average molecular weight is 153 g/mol. The second-order valence-electron chi connectivity index (χ2n) is 3.82. The van der Waals surface area contributed by atoms with Gasteiger partial charge < -0.3 is 5.32 Å². The molecule has 2 heteroatoms. The van der Waals surface area contributed by atoms with Crippen LogP contribution in [0.25, 0.3) is 0 Å². The number of hydrogen-bond donors (Lipinski definition) is 1. The number of hydrogen-bond acceptors (Lipinski definition) is 1. The SMILES string of the molecule is O=C(NCC1CCC1)C1CC1. The summed E-state index contributed by atoms with van der Waals surface area (Å²) in [4.78, 5) is 11.1.